The molecule has 5 nitrogen and oxygen atoms in total. The summed E-state index contributed by atoms with van der Waals surface area (Å²) in [6.07, 6.45) is 0. The second kappa shape index (κ2) is 9.98. The Hall–Kier alpha value is -3.25. The topological polar surface area (TPSA) is 64.6 Å². The number of anilines is 1. The summed E-state index contributed by atoms with van der Waals surface area (Å²) in [4.78, 5) is 25.9. The molecule has 30 heavy (non-hydrogen) atoms. The number of hydrogen-bond acceptors (Lipinski definition) is 5. The maximum atomic E-state index is 12.6. The van der Waals surface area contributed by atoms with Gasteiger partial charge < -0.3 is 14.8 Å². The molecule has 0 aromatic heterocycles. The van der Waals surface area contributed by atoms with Crippen molar-refractivity contribution < 1.29 is 19.1 Å². The van der Waals surface area contributed by atoms with Gasteiger partial charge in [0.2, 0.25) is 0 Å². The number of benzene rings is 3. The average molecular weight is 422 g/mol. The van der Waals surface area contributed by atoms with Gasteiger partial charge in [0.1, 0.15) is 0 Å². The number of thioether (sulfide) groups is 1. The van der Waals surface area contributed by atoms with Gasteiger partial charge in [-0.3, -0.25) is 9.59 Å². The number of nitrogens with one attached hydrogen (secondary N) is 1. The van der Waals surface area contributed by atoms with Gasteiger partial charge in [0.15, 0.2) is 17.3 Å². The van der Waals surface area contributed by atoms with E-state index < -0.39 is 0 Å². The maximum Gasteiger partial charge on any atom is 0.255 e. The summed E-state index contributed by atoms with van der Waals surface area (Å²) in [5.74, 6) is 1.19. The molecule has 0 spiro atoms. The van der Waals surface area contributed by atoms with Crippen molar-refractivity contribution in [3.63, 3.8) is 0 Å². The van der Waals surface area contributed by atoms with Crippen LogP contribution in [0, 0.1) is 6.92 Å². The summed E-state index contributed by atoms with van der Waals surface area (Å²) >= 11 is 1.41. The molecule has 0 saturated heterocycles. The van der Waals surface area contributed by atoms with Crippen LogP contribution in [0.1, 0.15) is 26.3 Å². The molecule has 0 aliphatic rings. The number of hydrogen-bond donors (Lipinski definition) is 1. The monoisotopic (exact) mass is 421 g/mol. The van der Waals surface area contributed by atoms with E-state index in [-0.39, 0.29) is 17.4 Å². The highest BCUT2D eigenvalue weighted by Crippen LogP contribution is 2.29. The third-order valence-corrected chi connectivity index (χ3v) is 5.47. The number of amides is 1. The van der Waals surface area contributed by atoms with Crippen LogP contribution in [0.15, 0.2) is 71.6 Å². The first-order chi connectivity index (χ1) is 14.5. The number of ketones is 1. The van der Waals surface area contributed by atoms with Gasteiger partial charge in [-0.1, -0.05) is 23.8 Å². The number of Topliss-reactive ketones (excluding diaryl/α,β-unsaturated/α-hetero) is 1. The third kappa shape index (κ3) is 5.42. The lowest BCUT2D eigenvalue weighted by Gasteiger charge is -2.10. The van der Waals surface area contributed by atoms with Crippen LogP contribution in [0.3, 0.4) is 0 Å². The van der Waals surface area contributed by atoms with Crippen LogP contribution in [0.4, 0.5) is 5.69 Å². The SMILES string of the molecule is COc1ccc(C(=O)CSc2cccc(NC(=O)c3ccc(C)cc3)c2)cc1OC. The van der Waals surface area contributed by atoms with Crippen molar-refractivity contribution in [2.45, 2.75) is 11.8 Å². The van der Waals surface area contributed by atoms with Crippen LogP contribution in [-0.4, -0.2) is 31.7 Å². The van der Waals surface area contributed by atoms with E-state index in [0.29, 0.717) is 28.3 Å². The van der Waals surface area contributed by atoms with Gasteiger partial charge in [0, 0.05) is 21.7 Å². The molecule has 0 fully saturated rings. The van der Waals surface area contributed by atoms with Crippen molar-refractivity contribution in [1.29, 1.82) is 0 Å². The number of rotatable bonds is 8. The summed E-state index contributed by atoms with van der Waals surface area (Å²) in [5, 5.41) is 2.90. The first-order valence-corrected chi connectivity index (χ1v) is 10.3. The van der Waals surface area contributed by atoms with Gasteiger partial charge in [0.05, 0.1) is 20.0 Å². The fourth-order valence-corrected chi connectivity index (χ4v) is 3.66. The van der Waals surface area contributed by atoms with Crippen LogP contribution < -0.4 is 14.8 Å². The molecule has 0 saturated carbocycles. The van der Waals surface area contributed by atoms with E-state index in [1.807, 2.05) is 43.3 Å². The Morgan fingerprint density at radius 1 is 0.867 bits per heavy atom. The highest BCUT2D eigenvalue weighted by molar-refractivity contribution is 8.00. The number of ether oxygens (including phenoxy) is 2. The maximum absolute atomic E-state index is 12.6. The predicted molar refractivity (Wildman–Crippen MR) is 120 cm³/mol. The zero-order chi connectivity index (χ0) is 21.5. The quantitative estimate of drug-likeness (QED) is 0.398. The number of carbonyl (C=O) groups excluding carboxylic acids is 2. The molecule has 3 aromatic rings. The van der Waals surface area contributed by atoms with E-state index in [2.05, 4.69) is 5.32 Å². The Balaban J connectivity index is 1.63. The highest BCUT2D eigenvalue weighted by atomic mass is 32.2. The van der Waals surface area contributed by atoms with Crippen molar-refractivity contribution in [1.82, 2.24) is 0 Å². The first kappa shape index (κ1) is 21.5. The number of methoxy groups -OCH3 is 2. The van der Waals surface area contributed by atoms with Crippen LogP contribution >= 0.6 is 11.8 Å². The molecular weight excluding hydrogens is 398 g/mol. The van der Waals surface area contributed by atoms with Crippen molar-refractivity contribution in [2.24, 2.45) is 0 Å². The van der Waals surface area contributed by atoms with Crippen LogP contribution in [-0.2, 0) is 0 Å². The molecule has 0 bridgehead atoms. The molecule has 0 atom stereocenters. The fourth-order valence-electron chi connectivity index (χ4n) is 2.81. The highest BCUT2D eigenvalue weighted by Gasteiger charge is 2.12. The van der Waals surface area contributed by atoms with E-state index in [0.717, 1.165) is 10.5 Å². The Bertz CT molecular complexity index is 1050. The molecule has 3 rings (SSSR count). The van der Waals surface area contributed by atoms with Crippen molar-refractivity contribution in [3.8, 4) is 11.5 Å². The lowest BCUT2D eigenvalue weighted by molar-refractivity contribution is 0.101. The molecule has 0 aliphatic carbocycles. The summed E-state index contributed by atoms with van der Waals surface area (Å²) in [6.45, 7) is 1.98. The van der Waals surface area contributed by atoms with Crippen molar-refractivity contribution in [2.75, 3.05) is 25.3 Å². The summed E-state index contributed by atoms with van der Waals surface area (Å²) in [7, 11) is 3.09. The van der Waals surface area contributed by atoms with Crippen molar-refractivity contribution >= 4 is 29.1 Å². The summed E-state index contributed by atoms with van der Waals surface area (Å²) in [6, 6.07) is 20.0. The molecule has 154 valence electrons. The zero-order valence-corrected chi connectivity index (χ0v) is 17.9. The van der Waals surface area contributed by atoms with Gasteiger partial charge >= 0.3 is 0 Å². The molecule has 1 amide bonds. The number of carbonyl (C=O) groups is 2. The van der Waals surface area contributed by atoms with E-state index >= 15 is 0 Å². The molecule has 1 N–H and O–H groups in total. The minimum Gasteiger partial charge on any atom is -0.493 e. The average Bonchev–Trinajstić information content (AvgIpc) is 2.77. The van der Waals surface area contributed by atoms with E-state index in [1.54, 1.807) is 37.4 Å². The Kier molecular flexibility index (Phi) is 7.14. The molecule has 0 aliphatic heterocycles. The van der Waals surface area contributed by atoms with E-state index in [1.165, 1.54) is 18.9 Å². The molecular formula is C24H23NO4S. The number of aryl methyl sites for hydroxylation is 1. The summed E-state index contributed by atoms with van der Waals surface area (Å²) < 4.78 is 10.5. The zero-order valence-electron chi connectivity index (χ0n) is 17.1. The molecule has 0 unspecified atom stereocenters. The second-order valence-corrected chi connectivity index (χ2v) is 7.68. The standard InChI is InChI=1S/C24H23NO4S/c1-16-7-9-17(10-8-16)24(27)25-19-5-4-6-20(14-19)30-15-21(26)18-11-12-22(28-2)23(13-18)29-3/h4-14H,15H2,1-3H3,(H,25,27). The minimum atomic E-state index is -0.168. The van der Waals surface area contributed by atoms with Crippen LogP contribution in [0.5, 0.6) is 11.5 Å². The van der Waals surface area contributed by atoms with E-state index in [4.69, 9.17) is 9.47 Å². The smallest absolute Gasteiger partial charge is 0.255 e. The second-order valence-electron chi connectivity index (χ2n) is 6.63. The van der Waals surface area contributed by atoms with Gasteiger partial charge in [0.25, 0.3) is 5.91 Å². The van der Waals surface area contributed by atoms with Gasteiger partial charge in [-0.05, 0) is 55.5 Å². The first-order valence-electron chi connectivity index (χ1n) is 9.36. The fraction of sp³-hybridized carbons (Fsp3) is 0.167. The lowest BCUT2D eigenvalue weighted by atomic mass is 10.1. The Morgan fingerprint density at radius 2 is 1.57 bits per heavy atom. The van der Waals surface area contributed by atoms with E-state index in [9.17, 15) is 9.59 Å². The molecule has 3 aromatic carbocycles. The van der Waals surface area contributed by atoms with Gasteiger partial charge in [-0.2, -0.15) is 0 Å². The van der Waals surface area contributed by atoms with Crippen LogP contribution in [0.25, 0.3) is 0 Å². The largest absolute Gasteiger partial charge is 0.493 e. The van der Waals surface area contributed by atoms with Gasteiger partial charge in [-0.15, -0.1) is 11.8 Å². The molecule has 6 heteroatoms. The minimum absolute atomic E-state index is 0.0185. The van der Waals surface area contributed by atoms with Crippen molar-refractivity contribution in [3.05, 3.63) is 83.4 Å². The molecule has 0 heterocycles. The Morgan fingerprint density at radius 3 is 2.27 bits per heavy atom. The molecule has 0 radical (unpaired) electrons. The lowest BCUT2D eigenvalue weighted by Crippen LogP contribution is -2.11. The van der Waals surface area contributed by atoms with Crippen LogP contribution in [0.2, 0.25) is 0 Å². The predicted octanol–water partition coefficient (Wildman–Crippen LogP) is 5.24. The Labute approximate surface area is 180 Å². The summed E-state index contributed by atoms with van der Waals surface area (Å²) in [5.41, 5.74) is 2.94. The van der Waals surface area contributed by atoms with Gasteiger partial charge in [-0.25, -0.2) is 0 Å². The normalized spacial score (nSPS) is 10.4. The third-order valence-electron chi connectivity index (χ3n) is 4.48.